The predicted octanol–water partition coefficient (Wildman–Crippen LogP) is 7.79. The highest BCUT2D eigenvalue weighted by molar-refractivity contribution is 9.09. The van der Waals surface area contributed by atoms with Gasteiger partial charge in [-0.05, 0) is 48.2 Å². The second kappa shape index (κ2) is 14.5. The van der Waals surface area contributed by atoms with E-state index in [1.165, 1.54) is 51.4 Å². The van der Waals surface area contributed by atoms with Crippen molar-refractivity contribution in [3.05, 3.63) is 42.0 Å². The molecule has 2 aromatic carbocycles. The molecule has 3 nitrogen and oxygen atoms in total. The number of esters is 1. The third-order valence-electron chi connectivity index (χ3n) is 5.70. The van der Waals surface area contributed by atoms with Crippen LogP contribution in [0.1, 0.15) is 82.6 Å². The molecule has 0 heterocycles. The molecule has 0 aliphatic carbocycles. The minimum Gasteiger partial charge on any atom is -0.497 e. The zero-order valence-corrected chi connectivity index (χ0v) is 20.2. The molecule has 0 bridgehead atoms. The van der Waals surface area contributed by atoms with Crippen LogP contribution in [0.25, 0.3) is 10.8 Å². The van der Waals surface area contributed by atoms with E-state index in [0.29, 0.717) is 6.61 Å². The lowest BCUT2D eigenvalue weighted by Gasteiger charge is -2.13. The number of halogens is 1. The van der Waals surface area contributed by atoms with Crippen LogP contribution in [-0.4, -0.2) is 25.0 Å². The van der Waals surface area contributed by atoms with Crippen LogP contribution in [0, 0.1) is 0 Å². The molecule has 166 valence electrons. The standard InChI is InChI=1S/C26H37BrO3/c1-21(22-13-14-24-20-25(29-2)16-15-23(24)19-22)26(28)30-18-12-10-8-6-4-3-5-7-9-11-17-27/h13-16,19-21H,3-12,17-18H2,1-2H3/t21-/m0/s1. The summed E-state index contributed by atoms with van der Waals surface area (Å²) in [7, 11) is 1.67. The van der Waals surface area contributed by atoms with E-state index < -0.39 is 0 Å². The summed E-state index contributed by atoms with van der Waals surface area (Å²) in [6.07, 6.45) is 12.7. The van der Waals surface area contributed by atoms with Gasteiger partial charge in [0.15, 0.2) is 0 Å². The zero-order valence-electron chi connectivity index (χ0n) is 18.6. The summed E-state index contributed by atoms with van der Waals surface area (Å²) in [6.45, 7) is 2.45. The number of rotatable bonds is 15. The number of fused-ring (bicyclic) bond motifs is 1. The normalized spacial score (nSPS) is 12.1. The van der Waals surface area contributed by atoms with Crippen molar-refractivity contribution >= 4 is 32.7 Å². The molecule has 0 N–H and O–H groups in total. The maximum Gasteiger partial charge on any atom is 0.313 e. The molecule has 0 saturated heterocycles. The summed E-state index contributed by atoms with van der Waals surface area (Å²) >= 11 is 3.48. The number of hydrogen-bond acceptors (Lipinski definition) is 3. The van der Waals surface area contributed by atoms with Crippen LogP contribution >= 0.6 is 15.9 Å². The summed E-state index contributed by atoms with van der Waals surface area (Å²) in [5.74, 6) is 0.459. The van der Waals surface area contributed by atoms with Gasteiger partial charge in [0.1, 0.15) is 5.75 Å². The molecule has 0 unspecified atom stereocenters. The number of hydrogen-bond donors (Lipinski definition) is 0. The molecule has 4 heteroatoms. The minimum atomic E-state index is -0.249. The van der Waals surface area contributed by atoms with Gasteiger partial charge in [0.05, 0.1) is 19.6 Å². The largest absolute Gasteiger partial charge is 0.497 e. The Balaban J connectivity index is 1.60. The highest BCUT2D eigenvalue weighted by Gasteiger charge is 2.17. The van der Waals surface area contributed by atoms with Crippen LogP contribution in [-0.2, 0) is 9.53 Å². The van der Waals surface area contributed by atoms with Gasteiger partial charge in [-0.3, -0.25) is 4.79 Å². The molecule has 0 amide bonds. The fourth-order valence-corrected chi connectivity index (χ4v) is 4.08. The number of ether oxygens (including phenoxy) is 2. The van der Waals surface area contributed by atoms with Crippen LogP contribution in [0.5, 0.6) is 5.75 Å². The Hall–Kier alpha value is -1.55. The highest BCUT2D eigenvalue weighted by atomic mass is 79.9. The number of benzene rings is 2. The van der Waals surface area contributed by atoms with E-state index in [-0.39, 0.29) is 11.9 Å². The number of alkyl halides is 1. The molecule has 30 heavy (non-hydrogen) atoms. The summed E-state index contributed by atoms with van der Waals surface area (Å²) in [4.78, 5) is 12.4. The Kier molecular flexibility index (Phi) is 11.9. The Labute approximate surface area is 190 Å². The van der Waals surface area contributed by atoms with Gasteiger partial charge in [-0.2, -0.15) is 0 Å². The average Bonchev–Trinajstić information content (AvgIpc) is 2.78. The summed E-state index contributed by atoms with van der Waals surface area (Å²) in [5.41, 5.74) is 0.994. The number of carbonyl (C=O) groups excluding carboxylic acids is 1. The third kappa shape index (κ3) is 8.67. The molecular weight excluding hydrogens is 440 g/mol. The molecule has 0 aliphatic rings. The van der Waals surface area contributed by atoms with Crippen LogP contribution in [0.4, 0.5) is 0 Å². The second-order valence-corrected chi connectivity index (χ2v) is 8.88. The summed E-state index contributed by atoms with van der Waals surface area (Å²) in [5, 5.41) is 3.35. The Morgan fingerprint density at radius 1 is 0.833 bits per heavy atom. The first-order valence-electron chi connectivity index (χ1n) is 11.5. The van der Waals surface area contributed by atoms with E-state index >= 15 is 0 Å². The SMILES string of the molecule is COc1ccc2cc([C@H](C)C(=O)OCCCCCCCCCCCCBr)ccc2c1. The van der Waals surface area contributed by atoms with Gasteiger partial charge in [-0.1, -0.05) is 91.6 Å². The van der Waals surface area contributed by atoms with E-state index in [0.717, 1.165) is 40.3 Å². The van der Waals surface area contributed by atoms with Crippen molar-refractivity contribution in [3.63, 3.8) is 0 Å². The lowest BCUT2D eigenvalue weighted by atomic mass is 9.98. The minimum absolute atomic E-state index is 0.133. The molecule has 0 fully saturated rings. The van der Waals surface area contributed by atoms with E-state index in [4.69, 9.17) is 9.47 Å². The van der Waals surface area contributed by atoms with Gasteiger partial charge >= 0.3 is 5.97 Å². The van der Waals surface area contributed by atoms with E-state index in [1.807, 2.05) is 37.3 Å². The van der Waals surface area contributed by atoms with Gasteiger partial charge in [0.2, 0.25) is 0 Å². The van der Waals surface area contributed by atoms with Crippen molar-refractivity contribution in [2.75, 3.05) is 19.0 Å². The fraction of sp³-hybridized carbons (Fsp3) is 0.577. The molecule has 2 aromatic rings. The van der Waals surface area contributed by atoms with Gasteiger partial charge in [0, 0.05) is 5.33 Å². The monoisotopic (exact) mass is 476 g/mol. The Morgan fingerprint density at radius 3 is 2.03 bits per heavy atom. The van der Waals surface area contributed by atoms with Crippen LogP contribution < -0.4 is 4.74 Å². The molecule has 0 radical (unpaired) electrons. The highest BCUT2D eigenvalue weighted by Crippen LogP contribution is 2.25. The molecule has 2 rings (SSSR count). The molecule has 0 aliphatic heterocycles. The summed E-state index contributed by atoms with van der Waals surface area (Å²) in [6, 6.07) is 12.1. The molecule has 0 saturated carbocycles. The van der Waals surface area contributed by atoms with Crippen molar-refractivity contribution in [2.45, 2.75) is 77.0 Å². The first-order valence-corrected chi connectivity index (χ1v) is 12.6. The van der Waals surface area contributed by atoms with E-state index in [9.17, 15) is 4.79 Å². The maximum atomic E-state index is 12.4. The topological polar surface area (TPSA) is 35.5 Å². The lowest BCUT2D eigenvalue weighted by Crippen LogP contribution is -2.14. The maximum absolute atomic E-state index is 12.4. The quantitative estimate of drug-likeness (QED) is 0.149. The van der Waals surface area contributed by atoms with Crippen LogP contribution in [0.3, 0.4) is 0 Å². The first kappa shape index (κ1) is 24.7. The molecular formula is C26H37BrO3. The first-order chi connectivity index (χ1) is 14.7. The average molecular weight is 477 g/mol. The van der Waals surface area contributed by atoms with E-state index in [1.54, 1.807) is 7.11 Å². The lowest BCUT2D eigenvalue weighted by molar-refractivity contribution is -0.145. The molecule has 0 aromatic heterocycles. The van der Waals surface area contributed by atoms with Crippen molar-refractivity contribution in [2.24, 2.45) is 0 Å². The van der Waals surface area contributed by atoms with Crippen molar-refractivity contribution in [1.82, 2.24) is 0 Å². The predicted molar refractivity (Wildman–Crippen MR) is 130 cm³/mol. The van der Waals surface area contributed by atoms with Crippen molar-refractivity contribution in [3.8, 4) is 5.75 Å². The van der Waals surface area contributed by atoms with Crippen molar-refractivity contribution < 1.29 is 14.3 Å². The van der Waals surface area contributed by atoms with Crippen LogP contribution in [0.15, 0.2) is 36.4 Å². The fourth-order valence-electron chi connectivity index (χ4n) is 3.68. The van der Waals surface area contributed by atoms with Gasteiger partial charge in [0.25, 0.3) is 0 Å². The zero-order chi connectivity index (χ0) is 21.6. The molecule has 1 atom stereocenters. The van der Waals surface area contributed by atoms with E-state index in [2.05, 4.69) is 22.0 Å². The Morgan fingerprint density at radius 2 is 1.40 bits per heavy atom. The second-order valence-electron chi connectivity index (χ2n) is 8.09. The summed E-state index contributed by atoms with van der Waals surface area (Å²) < 4.78 is 10.8. The van der Waals surface area contributed by atoms with Gasteiger partial charge in [-0.25, -0.2) is 0 Å². The smallest absolute Gasteiger partial charge is 0.313 e. The number of carbonyl (C=O) groups is 1. The number of methoxy groups -OCH3 is 1. The van der Waals surface area contributed by atoms with Gasteiger partial charge in [-0.15, -0.1) is 0 Å². The molecule has 0 spiro atoms. The van der Waals surface area contributed by atoms with Crippen molar-refractivity contribution in [1.29, 1.82) is 0 Å². The Bertz CT molecular complexity index is 759. The third-order valence-corrected chi connectivity index (χ3v) is 6.26. The van der Waals surface area contributed by atoms with Crippen LogP contribution in [0.2, 0.25) is 0 Å². The van der Waals surface area contributed by atoms with Gasteiger partial charge < -0.3 is 9.47 Å². The number of unbranched alkanes of at least 4 members (excludes halogenated alkanes) is 9.